The first-order chi connectivity index (χ1) is 11.3. The number of rotatable bonds is 5. The normalized spacial score (nSPS) is 10.9. The van der Waals surface area contributed by atoms with Gasteiger partial charge in [0.2, 0.25) is 11.8 Å². The highest BCUT2D eigenvalue weighted by molar-refractivity contribution is 7.90. The van der Waals surface area contributed by atoms with Gasteiger partial charge in [-0.3, -0.25) is 9.59 Å². The van der Waals surface area contributed by atoms with Gasteiger partial charge in [-0.15, -0.1) is 0 Å². The minimum absolute atomic E-state index is 0.0243. The van der Waals surface area contributed by atoms with Crippen molar-refractivity contribution in [3.8, 4) is 0 Å². The summed E-state index contributed by atoms with van der Waals surface area (Å²) in [4.78, 5) is 22.9. The lowest BCUT2D eigenvalue weighted by atomic mass is 10.1. The number of nitrogens with one attached hydrogen (secondary N) is 2. The average molecular weight is 346 g/mol. The van der Waals surface area contributed by atoms with Crippen LogP contribution < -0.4 is 10.0 Å². The molecular weight excluding hydrogens is 328 g/mol. The molecular formula is C17H18N2O4S. The molecule has 2 aromatic carbocycles. The van der Waals surface area contributed by atoms with E-state index < -0.39 is 15.9 Å². The van der Waals surface area contributed by atoms with Crippen LogP contribution in [0.3, 0.4) is 0 Å². The van der Waals surface area contributed by atoms with E-state index in [1.54, 1.807) is 12.1 Å². The van der Waals surface area contributed by atoms with Crippen molar-refractivity contribution in [1.29, 1.82) is 0 Å². The van der Waals surface area contributed by atoms with E-state index in [0.29, 0.717) is 5.69 Å². The van der Waals surface area contributed by atoms with Crippen molar-refractivity contribution >= 4 is 27.5 Å². The third-order valence-corrected chi connectivity index (χ3v) is 4.61. The second kappa shape index (κ2) is 7.27. The number of aryl methyl sites for hydroxylation is 1. The molecule has 0 fully saturated rings. The molecule has 24 heavy (non-hydrogen) atoms. The van der Waals surface area contributed by atoms with Crippen molar-refractivity contribution in [3.05, 3.63) is 59.7 Å². The van der Waals surface area contributed by atoms with Crippen LogP contribution in [0.5, 0.6) is 0 Å². The Hall–Kier alpha value is -2.67. The van der Waals surface area contributed by atoms with Gasteiger partial charge in [-0.2, -0.15) is 0 Å². The fourth-order valence-corrected chi connectivity index (χ4v) is 3.04. The highest BCUT2D eigenvalue weighted by Gasteiger charge is 2.17. The predicted molar refractivity (Wildman–Crippen MR) is 91.0 cm³/mol. The molecule has 0 saturated carbocycles. The number of amides is 2. The zero-order valence-corrected chi connectivity index (χ0v) is 14.2. The fraction of sp³-hybridized carbons (Fsp3) is 0.176. The first kappa shape index (κ1) is 17.7. The monoisotopic (exact) mass is 346 g/mol. The number of hydrogen-bond donors (Lipinski definition) is 2. The molecule has 2 aromatic rings. The minimum Gasteiger partial charge on any atom is -0.326 e. The van der Waals surface area contributed by atoms with Crippen LogP contribution in [0.2, 0.25) is 0 Å². The zero-order valence-electron chi connectivity index (χ0n) is 13.4. The lowest BCUT2D eigenvalue weighted by molar-refractivity contribution is -0.118. The van der Waals surface area contributed by atoms with Crippen molar-refractivity contribution in [2.45, 2.75) is 25.2 Å². The summed E-state index contributed by atoms with van der Waals surface area (Å²) in [6, 6.07) is 12.9. The summed E-state index contributed by atoms with van der Waals surface area (Å²) in [5.41, 5.74) is 2.27. The van der Waals surface area contributed by atoms with E-state index >= 15 is 0 Å². The SMILES string of the molecule is CC(=O)Nc1ccc(S(=O)(=O)NC(=O)Cc2ccc(C)cc2)cc1. The maximum absolute atomic E-state index is 12.2. The molecule has 0 atom stereocenters. The molecule has 2 amide bonds. The maximum Gasteiger partial charge on any atom is 0.264 e. The predicted octanol–water partition coefficient (Wildman–Crippen LogP) is 2.00. The summed E-state index contributed by atoms with van der Waals surface area (Å²) in [6.07, 6.45) is -0.0243. The molecule has 0 aliphatic carbocycles. The number of carbonyl (C=O) groups excluding carboxylic acids is 2. The second-order valence-electron chi connectivity index (χ2n) is 5.40. The standard InChI is InChI=1S/C17H18N2O4S/c1-12-3-5-14(6-4-12)11-17(21)19-24(22,23)16-9-7-15(8-10-16)18-13(2)20/h3-10H,11H2,1-2H3,(H,18,20)(H,19,21). The van der Waals surface area contributed by atoms with Crippen LogP contribution in [0, 0.1) is 6.92 Å². The lowest BCUT2D eigenvalue weighted by Gasteiger charge is -2.08. The van der Waals surface area contributed by atoms with Gasteiger partial charge < -0.3 is 5.32 Å². The van der Waals surface area contributed by atoms with Crippen molar-refractivity contribution < 1.29 is 18.0 Å². The van der Waals surface area contributed by atoms with Gasteiger partial charge in [-0.05, 0) is 36.8 Å². The first-order valence-electron chi connectivity index (χ1n) is 7.25. The molecule has 0 aliphatic heterocycles. The fourth-order valence-electron chi connectivity index (χ4n) is 2.06. The van der Waals surface area contributed by atoms with E-state index in [2.05, 4.69) is 5.32 Å². The summed E-state index contributed by atoms with van der Waals surface area (Å²) in [7, 11) is -3.95. The summed E-state index contributed by atoms with van der Waals surface area (Å²) in [5.74, 6) is -0.859. The Kier molecular flexibility index (Phi) is 5.35. The molecule has 0 aliphatic rings. The van der Waals surface area contributed by atoms with Crippen molar-refractivity contribution in [3.63, 3.8) is 0 Å². The smallest absolute Gasteiger partial charge is 0.264 e. The Morgan fingerprint density at radius 2 is 1.54 bits per heavy atom. The van der Waals surface area contributed by atoms with Crippen LogP contribution >= 0.6 is 0 Å². The van der Waals surface area contributed by atoms with Gasteiger partial charge in [0.25, 0.3) is 10.0 Å². The van der Waals surface area contributed by atoms with Crippen LogP contribution in [0.15, 0.2) is 53.4 Å². The van der Waals surface area contributed by atoms with Crippen LogP contribution in [0.1, 0.15) is 18.1 Å². The zero-order chi connectivity index (χ0) is 17.7. The largest absolute Gasteiger partial charge is 0.326 e. The van der Waals surface area contributed by atoms with E-state index in [-0.39, 0.29) is 17.2 Å². The minimum atomic E-state index is -3.95. The van der Waals surface area contributed by atoms with Gasteiger partial charge in [0, 0.05) is 12.6 Å². The van der Waals surface area contributed by atoms with Crippen LogP contribution in [0.4, 0.5) is 5.69 Å². The van der Waals surface area contributed by atoms with Crippen LogP contribution in [-0.2, 0) is 26.0 Å². The highest BCUT2D eigenvalue weighted by Crippen LogP contribution is 2.14. The number of benzene rings is 2. The van der Waals surface area contributed by atoms with Gasteiger partial charge in [-0.25, -0.2) is 13.1 Å². The maximum atomic E-state index is 12.2. The van der Waals surface area contributed by atoms with Crippen LogP contribution in [-0.4, -0.2) is 20.2 Å². The molecule has 2 N–H and O–H groups in total. The summed E-state index contributed by atoms with van der Waals surface area (Å²) >= 11 is 0. The molecule has 0 radical (unpaired) electrons. The van der Waals surface area contributed by atoms with Gasteiger partial charge in [0.15, 0.2) is 0 Å². The molecule has 6 nitrogen and oxygen atoms in total. The van der Waals surface area contributed by atoms with E-state index in [1.165, 1.54) is 31.2 Å². The number of hydrogen-bond acceptors (Lipinski definition) is 4. The molecule has 126 valence electrons. The van der Waals surface area contributed by atoms with E-state index in [0.717, 1.165) is 11.1 Å². The first-order valence-corrected chi connectivity index (χ1v) is 8.73. The lowest BCUT2D eigenvalue weighted by Crippen LogP contribution is -2.31. The highest BCUT2D eigenvalue weighted by atomic mass is 32.2. The van der Waals surface area contributed by atoms with Crippen molar-refractivity contribution in [2.24, 2.45) is 0 Å². The van der Waals surface area contributed by atoms with Crippen molar-refractivity contribution in [1.82, 2.24) is 4.72 Å². The Bertz CT molecular complexity index is 841. The van der Waals surface area contributed by atoms with Gasteiger partial charge in [0.05, 0.1) is 11.3 Å². The molecule has 2 rings (SSSR count). The van der Waals surface area contributed by atoms with Gasteiger partial charge in [-0.1, -0.05) is 29.8 Å². The summed E-state index contributed by atoms with van der Waals surface area (Å²) in [6.45, 7) is 3.29. The number of carbonyl (C=O) groups is 2. The number of anilines is 1. The third kappa shape index (κ3) is 4.92. The Balaban J connectivity index is 2.05. The molecule has 0 saturated heterocycles. The summed E-state index contributed by atoms with van der Waals surface area (Å²) < 4.78 is 26.4. The van der Waals surface area contributed by atoms with Gasteiger partial charge >= 0.3 is 0 Å². The topological polar surface area (TPSA) is 92.3 Å². The molecule has 0 unspecified atom stereocenters. The summed E-state index contributed by atoms with van der Waals surface area (Å²) in [5, 5.41) is 2.54. The Labute approximate surface area is 140 Å². The van der Waals surface area contributed by atoms with Crippen molar-refractivity contribution in [2.75, 3.05) is 5.32 Å². The molecule has 0 bridgehead atoms. The second-order valence-corrected chi connectivity index (χ2v) is 7.08. The Morgan fingerprint density at radius 3 is 2.08 bits per heavy atom. The quantitative estimate of drug-likeness (QED) is 0.866. The number of sulfonamides is 1. The molecule has 7 heteroatoms. The van der Waals surface area contributed by atoms with E-state index in [1.807, 2.05) is 23.8 Å². The third-order valence-electron chi connectivity index (χ3n) is 3.22. The molecule has 0 aromatic heterocycles. The van der Waals surface area contributed by atoms with Gasteiger partial charge in [0.1, 0.15) is 0 Å². The Morgan fingerprint density at radius 1 is 0.958 bits per heavy atom. The van der Waals surface area contributed by atoms with Crippen LogP contribution in [0.25, 0.3) is 0 Å². The average Bonchev–Trinajstić information content (AvgIpc) is 2.49. The molecule has 0 spiro atoms. The van der Waals surface area contributed by atoms with E-state index in [9.17, 15) is 18.0 Å². The van der Waals surface area contributed by atoms with E-state index in [4.69, 9.17) is 0 Å². The molecule has 0 heterocycles.